The van der Waals surface area contributed by atoms with Gasteiger partial charge < -0.3 is 15.3 Å². The van der Waals surface area contributed by atoms with Crippen LogP contribution in [0.4, 0.5) is 0 Å². The number of allylic oxidation sites excluding steroid dienone is 6. The molecule has 0 saturated carbocycles. The number of carbonyl (C=O) groups is 1. The fourth-order valence-electron chi connectivity index (χ4n) is 1.69. The normalized spacial score (nSPS) is 10.7. The zero-order valence-corrected chi connectivity index (χ0v) is 17.8. The minimum Gasteiger partial charge on any atom is -0.481 e. The van der Waals surface area contributed by atoms with Crippen LogP contribution < -0.4 is 0 Å². The first-order valence-electron chi connectivity index (χ1n) is 9.05. The monoisotopic (exact) mass is 368 g/mol. The van der Waals surface area contributed by atoms with E-state index < -0.39 is 5.97 Å². The van der Waals surface area contributed by atoms with Crippen LogP contribution in [-0.4, -0.2) is 34.5 Å². The third-order valence-corrected chi connectivity index (χ3v) is 3.06. The summed E-state index contributed by atoms with van der Waals surface area (Å²) in [6, 6.07) is 0. The molecule has 26 heavy (non-hydrogen) atoms. The standard InChI is InChI=1S/2C10H18O.C2H4O2/c2*1-9(2)5-4-6-10(3)7-8-11;1-2(3)4/h2*5,7,11H,4,6,8H2,1-3H3;1H3,(H,3,4). The Morgan fingerprint density at radius 3 is 1.12 bits per heavy atom. The molecule has 4 heteroatoms. The van der Waals surface area contributed by atoms with Crippen molar-refractivity contribution >= 4 is 5.97 Å². The molecule has 0 aliphatic heterocycles. The van der Waals surface area contributed by atoms with Crippen molar-refractivity contribution in [2.45, 2.75) is 74.1 Å². The van der Waals surface area contributed by atoms with Gasteiger partial charge in [0.15, 0.2) is 0 Å². The zero-order chi connectivity index (χ0) is 21.0. The Hall–Kier alpha value is -1.65. The summed E-state index contributed by atoms with van der Waals surface area (Å²) in [6.45, 7) is 13.9. The number of hydrogen-bond donors (Lipinski definition) is 3. The first kappa shape index (κ1) is 29.1. The summed E-state index contributed by atoms with van der Waals surface area (Å²) in [5.41, 5.74) is 5.26. The molecule has 0 radical (unpaired) electrons. The summed E-state index contributed by atoms with van der Waals surface area (Å²) in [6.07, 6.45) is 12.5. The van der Waals surface area contributed by atoms with E-state index in [0.29, 0.717) is 0 Å². The van der Waals surface area contributed by atoms with Gasteiger partial charge in [-0.1, -0.05) is 46.6 Å². The first-order valence-corrected chi connectivity index (χ1v) is 9.05. The van der Waals surface area contributed by atoms with Crippen molar-refractivity contribution in [1.29, 1.82) is 0 Å². The van der Waals surface area contributed by atoms with Crippen molar-refractivity contribution < 1.29 is 20.1 Å². The van der Waals surface area contributed by atoms with Gasteiger partial charge in [0.25, 0.3) is 5.97 Å². The number of hydrogen-bond acceptors (Lipinski definition) is 3. The Balaban J connectivity index is -0.000000338. The molecule has 0 heterocycles. The Morgan fingerprint density at radius 2 is 0.923 bits per heavy atom. The van der Waals surface area contributed by atoms with Crippen molar-refractivity contribution in [2.24, 2.45) is 0 Å². The van der Waals surface area contributed by atoms with E-state index in [9.17, 15) is 0 Å². The summed E-state index contributed by atoms with van der Waals surface area (Å²) < 4.78 is 0. The Kier molecular flexibility index (Phi) is 24.0. The van der Waals surface area contributed by atoms with Crippen LogP contribution in [0.2, 0.25) is 0 Å². The molecule has 0 aliphatic carbocycles. The summed E-state index contributed by atoms with van der Waals surface area (Å²) >= 11 is 0. The molecule has 0 aliphatic rings. The third-order valence-electron chi connectivity index (χ3n) is 3.06. The highest BCUT2D eigenvalue weighted by Crippen LogP contribution is 2.06. The van der Waals surface area contributed by atoms with Crippen LogP contribution in [0.25, 0.3) is 0 Å². The van der Waals surface area contributed by atoms with Gasteiger partial charge in [-0.25, -0.2) is 0 Å². The van der Waals surface area contributed by atoms with E-state index >= 15 is 0 Å². The molecular weight excluding hydrogens is 328 g/mol. The van der Waals surface area contributed by atoms with Gasteiger partial charge in [-0.2, -0.15) is 0 Å². The van der Waals surface area contributed by atoms with E-state index in [1.54, 1.807) is 0 Å². The molecule has 0 atom stereocenters. The smallest absolute Gasteiger partial charge is 0.300 e. The highest BCUT2D eigenvalue weighted by atomic mass is 16.4. The fraction of sp³-hybridized carbons (Fsp3) is 0.591. The van der Waals surface area contributed by atoms with Crippen LogP contribution in [0.15, 0.2) is 46.6 Å². The highest BCUT2D eigenvalue weighted by Gasteiger charge is 1.87. The first-order chi connectivity index (χ1) is 12.1. The number of aliphatic carboxylic acids is 1. The lowest BCUT2D eigenvalue weighted by atomic mass is 10.1. The third kappa shape index (κ3) is 38.1. The number of aliphatic hydroxyl groups excluding tert-OH is 2. The van der Waals surface area contributed by atoms with E-state index in [4.69, 9.17) is 20.1 Å². The second-order valence-electron chi connectivity index (χ2n) is 6.63. The van der Waals surface area contributed by atoms with Gasteiger partial charge in [0.1, 0.15) is 0 Å². The lowest BCUT2D eigenvalue weighted by molar-refractivity contribution is -0.134. The van der Waals surface area contributed by atoms with Crippen molar-refractivity contribution in [3.05, 3.63) is 46.6 Å². The fourth-order valence-corrected chi connectivity index (χ4v) is 1.69. The maximum Gasteiger partial charge on any atom is 0.300 e. The summed E-state index contributed by atoms with van der Waals surface area (Å²) in [7, 11) is 0. The minimum absolute atomic E-state index is 0.167. The largest absolute Gasteiger partial charge is 0.481 e. The van der Waals surface area contributed by atoms with E-state index in [-0.39, 0.29) is 13.2 Å². The average molecular weight is 369 g/mol. The molecule has 0 bridgehead atoms. The number of rotatable bonds is 8. The lowest BCUT2D eigenvalue weighted by Gasteiger charge is -1.96. The molecule has 0 aromatic rings. The van der Waals surface area contributed by atoms with Gasteiger partial charge in [-0.05, 0) is 67.2 Å². The molecule has 0 spiro atoms. The molecular formula is C22H40O4. The average Bonchev–Trinajstić information content (AvgIpc) is 2.47. The molecule has 0 aromatic carbocycles. The molecule has 0 saturated heterocycles. The van der Waals surface area contributed by atoms with Crippen LogP contribution in [-0.2, 0) is 4.79 Å². The maximum atomic E-state index is 9.00. The van der Waals surface area contributed by atoms with E-state index in [0.717, 1.165) is 32.6 Å². The highest BCUT2D eigenvalue weighted by molar-refractivity contribution is 5.62. The number of aliphatic hydroxyl groups is 2. The Labute approximate surface area is 160 Å². The zero-order valence-electron chi connectivity index (χ0n) is 17.8. The molecule has 0 unspecified atom stereocenters. The van der Waals surface area contributed by atoms with Crippen LogP contribution in [0.3, 0.4) is 0 Å². The summed E-state index contributed by atoms with van der Waals surface area (Å²) in [5, 5.41) is 24.5. The predicted octanol–water partition coefficient (Wildman–Crippen LogP) is 5.43. The van der Waals surface area contributed by atoms with Crippen LogP contribution in [0.1, 0.15) is 74.1 Å². The second kappa shape index (κ2) is 21.4. The minimum atomic E-state index is -0.833. The molecule has 4 nitrogen and oxygen atoms in total. The van der Waals surface area contributed by atoms with E-state index in [2.05, 4.69) is 53.7 Å². The molecule has 0 aromatic heterocycles. The quantitative estimate of drug-likeness (QED) is 0.499. The van der Waals surface area contributed by atoms with Gasteiger partial charge in [0, 0.05) is 6.92 Å². The Morgan fingerprint density at radius 1 is 0.654 bits per heavy atom. The summed E-state index contributed by atoms with van der Waals surface area (Å²) in [5.74, 6) is -0.833. The number of carboxylic acid groups (broad SMARTS) is 1. The van der Waals surface area contributed by atoms with Crippen molar-refractivity contribution in [3.8, 4) is 0 Å². The van der Waals surface area contributed by atoms with Gasteiger partial charge in [0.05, 0.1) is 13.2 Å². The van der Waals surface area contributed by atoms with Gasteiger partial charge >= 0.3 is 0 Å². The second-order valence-corrected chi connectivity index (χ2v) is 6.63. The van der Waals surface area contributed by atoms with Crippen molar-refractivity contribution in [1.82, 2.24) is 0 Å². The topological polar surface area (TPSA) is 77.8 Å². The SMILES string of the molecule is CC(=O)O.CC(C)=CCCC(C)=CCO.CC(C)=CCCC(C)=CCO. The lowest BCUT2D eigenvalue weighted by Crippen LogP contribution is -1.80. The van der Waals surface area contributed by atoms with E-state index in [1.165, 1.54) is 22.3 Å². The van der Waals surface area contributed by atoms with E-state index in [1.807, 2.05) is 12.2 Å². The van der Waals surface area contributed by atoms with Crippen LogP contribution in [0, 0.1) is 0 Å². The molecule has 152 valence electrons. The van der Waals surface area contributed by atoms with Gasteiger partial charge in [0.2, 0.25) is 0 Å². The van der Waals surface area contributed by atoms with Crippen LogP contribution >= 0.6 is 0 Å². The summed E-state index contributed by atoms with van der Waals surface area (Å²) in [4.78, 5) is 9.00. The molecule has 3 N–H and O–H groups in total. The van der Waals surface area contributed by atoms with Gasteiger partial charge in [-0.15, -0.1) is 0 Å². The van der Waals surface area contributed by atoms with Crippen molar-refractivity contribution in [2.75, 3.05) is 13.2 Å². The Bertz CT molecular complexity index is 419. The predicted molar refractivity (Wildman–Crippen MR) is 112 cm³/mol. The number of carboxylic acids is 1. The van der Waals surface area contributed by atoms with Crippen LogP contribution in [0.5, 0.6) is 0 Å². The molecule has 0 amide bonds. The molecule has 0 rings (SSSR count). The van der Waals surface area contributed by atoms with Gasteiger partial charge in [-0.3, -0.25) is 4.79 Å². The van der Waals surface area contributed by atoms with Crippen molar-refractivity contribution in [3.63, 3.8) is 0 Å². The maximum absolute atomic E-state index is 9.00. The molecule has 0 fully saturated rings.